The van der Waals surface area contributed by atoms with Gasteiger partial charge in [0.25, 0.3) is 0 Å². The van der Waals surface area contributed by atoms with E-state index in [4.69, 9.17) is 4.74 Å². The fraction of sp³-hybridized carbons (Fsp3) is 0.750. The molecule has 1 heterocycles. The fourth-order valence-corrected chi connectivity index (χ4v) is 1.37. The van der Waals surface area contributed by atoms with Crippen molar-refractivity contribution in [2.45, 2.75) is 33.9 Å². The summed E-state index contributed by atoms with van der Waals surface area (Å²) in [5, 5.41) is 7.55. The van der Waals surface area contributed by atoms with Gasteiger partial charge in [-0.05, 0) is 12.8 Å². The lowest BCUT2D eigenvalue weighted by atomic mass is 10.2. The lowest BCUT2D eigenvalue weighted by Gasteiger charge is -2.07. The third-order valence-electron chi connectivity index (χ3n) is 2.21. The first kappa shape index (κ1) is 13.2. The Morgan fingerprint density at radius 1 is 1.50 bits per heavy atom. The molecular formula is C12H23N3O. The summed E-state index contributed by atoms with van der Waals surface area (Å²) in [5.41, 5.74) is 1.23. The zero-order valence-corrected chi connectivity index (χ0v) is 10.6. The second-order valence-corrected chi connectivity index (χ2v) is 4.35. The summed E-state index contributed by atoms with van der Waals surface area (Å²) in [5.74, 6) is 0.614. The minimum atomic E-state index is 0.614. The minimum absolute atomic E-state index is 0.614. The predicted octanol–water partition coefficient (Wildman–Crippen LogP) is 1.67. The first-order valence-electron chi connectivity index (χ1n) is 6.02. The summed E-state index contributed by atoms with van der Waals surface area (Å²) < 4.78 is 7.41. The molecule has 1 rings (SSSR count). The van der Waals surface area contributed by atoms with E-state index < -0.39 is 0 Å². The molecule has 0 fully saturated rings. The van der Waals surface area contributed by atoms with Crippen LogP contribution in [0.1, 0.15) is 26.3 Å². The molecule has 0 saturated carbocycles. The van der Waals surface area contributed by atoms with E-state index in [1.165, 1.54) is 5.56 Å². The van der Waals surface area contributed by atoms with E-state index in [0.29, 0.717) is 5.92 Å². The van der Waals surface area contributed by atoms with Crippen molar-refractivity contribution in [1.29, 1.82) is 0 Å². The van der Waals surface area contributed by atoms with Crippen molar-refractivity contribution >= 4 is 0 Å². The van der Waals surface area contributed by atoms with Crippen LogP contribution in [-0.4, -0.2) is 29.5 Å². The molecule has 0 atom stereocenters. The van der Waals surface area contributed by atoms with E-state index in [1.54, 1.807) is 0 Å². The minimum Gasteiger partial charge on any atom is -0.380 e. The lowest BCUT2D eigenvalue weighted by Crippen LogP contribution is -2.20. The van der Waals surface area contributed by atoms with Gasteiger partial charge in [-0.2, -0.15) is 5.10 Å². The number of aromatic nitrogens is 2. The number of hydrogen-bond acceptors (Lipinski definition) is 3. The zero-order valence-electron chi connectivity index (χ0n) is 10.6. The monoisotopic (exact) mass is 225 g/mol. The fourth-order valence-electron chi connectivity index (χ4n) is 1.37. The van der Waals surface area contributed by atoms with Gasteiger partial charge in [-0.25, -0.2) is 0 Å². The average Bonchev–Trinajstić information content (AvgIpc) is 2.70. The lowest BCUT2D eigenvalue weighted by molar-refractivity contribution is 0.111. The Balaban J connectivity index is 2.02. The second kappa shape index (κ2) is 7.41. The first-order chi connectivity index (χ1) is 7.72. The Kier molecular flexibility index (Phi) is 6.11. The zero-order chi connectivity index (χ0) is 11.8. The number of rotatable bonds is 8. The van der Waals surface area contributed by atoms with Crippen molar-refractivity contribution in [3.05, 3.63) is 18.0 Å². The van der Waals surface area contributed by atoms with E-state index >= 15 is 0 Å². The molecule has 4 heteroatoms. The SMILES string of the molecule is CCn1cc(CNCCOCC(C)C)cn1. The van der Waals surface area contributed by atoms with Crippen LogP contribution in [0.15, 0.2) is 12.4 Å². The van der Waals surface area contributed by atoms with E-state index in [0.717, 1.165) is 32.8 Å². The number of ether oxygens (including phenoxy) is 1. The molecule has 1 aromatic rings. The molecule has 0 aliphatic rings. The molecule has 0 aromatic carbocycles. The predicted molar refractivity (Wildman–Crippen MR) is 65.3 cm³/mol. The van der Waals surface area contributed by atoms with Gasteiger partial charge in [0.15, 0.2) is 0 Å². The molecule has 0 bridgehead atoms. The number of aryl methyl sites for hydroxylation is 1. The van der Waals surface area contributed by atoms with Gasteiger partial charge in [-0.15, -0.1) is 0 Å². The van der Waals surface area contributed by atoms with Crippen molar-refractivity contribution in [2.24, 2.45) is 5.92 Å². The number of nitrogens with one attached hydrogen (secondary N) is 1. The molecule has 1 N–H and O–H groups in total. The maximum Gasteiger partial charge on any atom is 0.0591 e. The van der Waals surface area contributed by atoms with Crippen molar-refractivity contribution < 1.29 is 4.74 Å². The third kappa shape index (κ3) is 5.28. The summed E-state index contributed by atoms with van der Waals surface area (Å²) in [6.07, 6.45) is 3.98. The highest BCUT2D eigenvalue weighted by Gasteiger charge is 1.97. The maximum atomic E-state index is 5.48. The van der Waals surface area contributed by atoms with Crippen LogP contribution in [0.2, 0.25) is 0 Å². The highest BCUT2D eigenvalue weighted by Crippen LogP contribution is 1.96. The van der Waals surface area contributed by atoms with Gasteiger partial charge in [-0.1, -0.05) is 13.8 Å². The summed E-state index contributed by atoms with van der Waals surface area (Å²) >= 11 is 0. The molecule has 0 amide bonds. The average molecular weight is 225 g/mol. The third-order valence-corrected chi connectivity index (χ3v) is 2.21. The maximum absolute atomic E-state index is 5.48. The highest BCUT2D eigenvalue weighted by atomic mass is 16.5. The largest absolute Gasteiger partial charge is 0.380 e. The van der Waals surface area contributed by atoms with Gasteiger partial charge in [0.1, 0.15) is 0 Å². The van der Waals surface area contributed by atoms with Gasteiger partial charge in [0.05, 0.1) is 12.8 Å². The molecule has 1 aromatic heterocycles. The first-order valence-corrected chi connectivity index (χ1v) is 6.02. The molecule has 4 nitrogen and oxygen atoms in total. The van der Waals surface area contributed by atoms with Crippen molar-refractivity contribution in [3.8, 4) is 0 Å². The quantitative estimate of drug-likeness (QED) is 0.684. The number of hydrogen-bond donors (Lipinski definition) is 1. The molecule has 0 saturated heterocycles. The van der Waals surface area contributed by atoms with Gasteiger partial charge < -0.3 is 10.1 Å². The highest BCUT2D eigenvalue weighted by molar-refractivity contribution is 5.02. The van der Waals surface area contributed by atoms with Crippen LogP contribution in [0.4, 0.5) is 0 Å². The van der Waals surface area contributed by atoms with Crippen molar-refractivity contribution in [2.75, 3.05) is 19.8 Å². The molecule has 0 radical (unpaired) electrons. The van der Waals surface area contributed by atoms with Crippen LogP contribution >= 0.6 is 0 Å². The molecule has 92 valence electrons. The molecule has 0 unspecified atom stereocenters. The van der Waals surface area contributed by atoms with E-state index in [9.17, 15) is 0 Å². The Morgan fingerprint density at radius 3 is 2.94 bits per heavy atom. The second-order valence-electron chi connectivity index (χ2n) is 4.35. The van der Waals surface area contributed by atoms with E-state index in [1.807, 2.05) is 10.9 Å². The summed E-state index contributed by atoms with van der Waals surface area (Å²) in [4.78, 5) is 0. The Morgan fingerprint density at radius 2 is 2.31 bits per heavy atom. The van der Waals surface area contributed by atoms with Crippen LogP contribution in [0.3, 0.4) is 0 Å². The van der Waals surface area contributed by atoms with Crippen molar-refractivity contribution in [3.63, 3.8) is 0 Å². The van der Waals surface area contributed by atoms with Gasteiger partial charge >= 0.3 is 0 Å². The van der Waals surface area contributed by atoms with Gasteiger partial charge in [0, 0.05) is 38.0 Å². The molecule has 0 aliphatic heterocycles. The summed E-state index contributed by atoms with van der Waals surface area (Å²) in [6, 6.07) is 0. The smallest absolute Gasteiger partial charge is 0.0591 e. The Labute approximate surface area is 98.0 Å². The van der Waals surface area contributed by atoms with E-state index in [2.05, 4.69) is 37.4 Å². The molecular weight excluding hydrogens is 202 g/mol. The normalized spacial score (nSPS) is 11.2. The standard InChI is InChI=1S/C12H23N3O/c1-4-15-9-12(8-14-15)7-13-5-6-16-10-11(2)3/h8-9,11,13H,4-7,10H2,1-3H3. The Hall–Kier alpha value is -0.870. The molecule has 0 spiro atoms. The van der Waals surface area contributed by atoms with Gasteiger partial charge in [-0.3, -0.25) is 4.68 Å². The molecule has 0 aliphatic carbocycles. The Bertz CT molecular complexity index is 284. The van der Waals surface area contributed by atoms with Crippen LogP contribution < -0.4 is 5.32 Å². The molecule has 16 heavy (non-hydrogen) atoms. The summed E-state index contributed by atoms with van der Waals surface area (Å²) in [6.45, 7) is 10.7. The number of nitrogens with zero attached hydrogens (tertiary/aromatic N) is 2. The van der Waals surface area contributed by atoms with Gasteiger partial charge in [0.2, 0.25) is 0 Å². The van der Waals surface area contributed by atoms with Crippen LogP contribution in [0.25, 0.3) is 0 Å². The summed E-state index contributed by atoms with van der Waals surface area (Å²) in [7, 11) is 0. The van der Waals surface area contributed by atoms with Crippen LogP contribution in [0, 0.1) is 5.92 Å². The topological polar surface area (TPSA) is 39.1 Å². The van der Waals surface area contributed by atoms with Crippen LogP contribution in [-0.2, 0) is 17.8 Å². The van der Waals surface area contributed by atoms with Crippen LogP contribution in [0.5, 0.6) is 0 Å². The van der Waals surface area contributed by atoms with E-state index in [-0.39, 0.29) is 0 Å². The van der Waals surface area contributed by atoms with Crippen molar-refractivity contribution in [1.82, 2.24) is 15.1 Å².